The van der Waals surface area contributed by atoms with Gasteiger partial charge < -0.3 is 5.73 Å². The van der Waals surface area contributed by atoms with Gasteiger partial charge in [0.2, 0.25) is 0 Å². The maximum absolute atomic E-state index is 12.1. The zero-order chi connectivity index (χ0) is 8.81. The normalized spacial score (nSPS) is 27.0. The fourth-order valence-electron chi connectivity index (χ4n) is 1.91. The Morgan fingerprint density at radius 1 is 1.33 bits per heavy atom. The Labute approximate surface area is 73.9 Å². The Bertz CT molecular complexity index is 119. The van der Waals surface area contributed by atoms with Gasteiger partial charge >= 0.3 is 0 Å². The third-order valence-corrected chi connectivity index (χ3v) is 2.64. The molecule has 2 nitrogen and oxygen atoms in total. The molecule has 1 heterocycles. The molecule has 0 aromatic carbocycles. The van der Waals surface area contributed by atoms with Gasteiger partial charge in [-0.2, -0.15) is 0 Å². The van der Waals surface area contributed by atoms with Crippen molar-refractivity contribution in [3.63, 3.8) is 0 Å². The van der Waals surface area contributed by atoms with Crippen molar-refractivity contribution in [2.45, 2.75) is 31.7 Å². The first-order valence-electron chi connectivity index (χ1n) is 4.88. The van der Waals surface area contributed by atoms with Crippen LogP contribution in [0.1, 0.15) is 25.7 Å². The Morgan fingerprint density at radius 3 is 2.83 bits per heavy atom. The highest BCUT2D eigenvalue weighted by Gasteiger charge is 2.18. The summed E-state index contributed by atoms with van der Waals surface area (Å²) in [6.45, 7) is 2.05. The summed E-state index contributed by atoms with van der Waals surface area (Å²) < 4.78 is 12.1. The van der Waals surface area contributed by atoms with Crippen LogP contribution in [0.2, 0.25) is 0 Å². The predicted molar refractivity (Wildman–Crippen MR) is 48.9 cm³/mol. The second-order valence-electron chi connectivity index (χ2n) is 3.46. The standard InChI is InChI=1S/C9H19FN2/c10-5-7-12-6-3-1-2-4-9(12)8-11/h9H,1-8,11H2. The Balaban J connectivity index is 2.39. The van der Waals surface area contributed by atoms with Crippen molar-refractivity contribution in [2.24, 2.45) is 5.73 Å². The molecule has 0 amide bonds. The van der Waals surface area contributed by atoms with Crippen molar-refractivity contribution in [1.82, 2.24) is 4.90 Å². The first-order chi connectivity index (χ1) is 5.88. The molecule has 1 saturated heterocycles. The first kappa shape index (κ1) is 9.93. The summed E-state index contributed by atoms with van der Waals surface area (Å²) in [7, 11) is 0. The molecule has 0 radical (unpaired) electrons. The van der Waals surface area contributed by atoms with Crippen molar-refractivity contribution in [3.8, 4) is 0 Å². The molecule has 1 aliphatic rings. The number of hydrogen-bond donors (Lipinski definition) is 1. The van der Waals surface area contributed by atoms with E-state index in [9.17, 15) is 4.39 Å². The molecule has 1 fully saturated rings. The van der Waals surface area contributed by atoms with Gasteiger partial charge in [-0.1, -0.05) is 12.8 Å². The van der Waals surface area contributed by atoms with Crippen molar-refractivity contribution in [1.29, 1.82) is 0 Å². The van der Waals surface area contributed by atoms with Gasteiger partial charge in [0.15, 0.2) is 0 Å². The molecule has 0 bridgehead atoms. The predicted octanol–water partition coefficient (Wildman–Crippen LogP) is 1.16. The van der Waals surface area contributed by atoms with Crippen molar-refractivity contribution in [2.75, 3.05) is 26.3 Å². The van der Waals surface area contributed by atoms with Gasteiger partial charge in [-0.25, -0.2) is 4.39 Å². The molecule has 0 aliphatic carbocycles. The quantitative estimate of drug-likeness (QED) is 0.695. The summed E-state index contributed by atoms with van der Waals surface area (Å²) in [5, 5.41) is 0. The molecule has 12 heavy (non-hydrogen) atoms. The van der Waals surface area contributed by atoms with E-state index in [4.69, 9.17) is 5.73 Å². The van der Waals surface area contributed by atoms with Crippen LogP contribution in [0.4, 0.5) is 4.39 Å². The second kappa shape index (κ2) is 5.49. The topological polar surface area (TPSA) is 29.3 Å². The third-order valence-electron chi connectivity index (χ3n) is 2.64. The van der Waals surface area contributed by atoms with Gasteiger partial charge in [0, 0.05) is 19.1 Å². The molecule has 2 N–H and O–H groups in total. The van der Waals surface area contributed by atoms with Gasteiger partial charge in [0.05, 0.1) is 0 Å². The molecule has 1 atom stereocenters. The van der Waals surface area contributed by atoms with E-state index in [1.54, 1.807) is 0 Å². The van der Waals surface area contributed by atoms with Gasteiger partial charge in [0.1, 0.15) is 6.67 Å². The summed E-state index contributed by atoms with van der Waals surface area (Å²) >= 11 is 0. The third kappa shape index (κ3) is 2.72. The molecular weight excluding hydrogens is 155 g/mol. The number of nitrogens with zero attached hydrogens (tertiary/aromatic N) is 1. The van der Waals surface area contributed by atoms with E-state index < -0.39 is 0 Å². The van der Waals surface area contributed by atoms with E-state index >= 15 is 0 Å². The van der Waals surface area contributed by atoms with Crippen molar-refractivity contribution in [3.05, 3.63) is 0 Å². The van der Waals surface area contributed by atoms with E-state index in [-0.39, 0.29) is 6.67 Å². The summed E-state index contributed by atoms with van der Waals surface area (Å²) in [5.74, 6) is 0. The van der Waals surface area contributed by atoms with Crippen LogP contribution in [0, 0.1) is 0 Å². The highest BCUT2D eigenvalue weighted by Crippen LogP contribution is 2.15. The van der Waals surface area contributed by atoms with Gasteiger partial charge in [0.25, 0.3) is 0 Å². The Kier molecular flexibility index (Phi) is 4.54. The minimum absolute atomic E-state index is 0.240. The molecule has 0 saturated carbocycles. The maximum Gasteiger partial charge on any atom is 0.102 e. The fraction of sp³-hybridized carbons (Fsp3) is 1.00. The van der Waals surface area contributed by atoms with Crippen LogP contribution in [0.5, 0.6) is 0 Å². The average Bonchev–Trinajstić information content (AvgIpc) is 2.30. The molecule has 72 valence electrons. The van der Waals surface area contributed by atoms with Crippen LogP contribution < -0.4 is 5.73 Å². The van der Waals surface area contributed by atoms with E-state index in [0.717, 1.165) is 13.0 Å². The van der Waals surface area contributed by atoms with Crippen LogP contribution >= 0.6 is 0 Å². The number of likely N-dealkylation sites (tertiary alicyclic amines) is 1. The number of halogens is 1. The molecular formula is C9H19FN2. The smallest absolute Gasteiger partial charge is 0.102 e. The summed E-state index contributed by atoms with van der Waals surface area (Å²) in [5.41, 5.74) is 5.63. The molecule has 1 aliphatic heterocycles. The lowest BCUT2D eigenvalue weighted by atomic mass is 10.1. The number of hydrogen-bond acceptors (Lipinski definition) is 2. The second-order valence-corrected chi connectivity index (χ2v) is 3.46. The largest absolute Gasteiger partial charge is 0.329 e. The van der Waals surface area contributed by atoms with Crippen LogP contribution in [0.25, 0.3) is 0 Å². The first-order valence-corrected chi connectivity index (χ1v) is 4.88. The highest BCUT2D eigenvalue weighted by molar-refractivity contribution is 4.75. The zero-order valence-corrected chi connectivity index (χ0v) is 7.64. The highest BCUT2D eigenvalue weighted by atomic mass is 19.1. The SMILES string of the molecule is NCC1CCCCCN1CCF. The van der Waals surface area contributed by atoms with Gasteiger partial charge in [-0.05, 0) is 19.4 Å². The lowest BCUT2D eigenvalue weighted by Gasteiger charge is -2.27. The fourth-order valence-corrected chi connectivity index (χ4v) is 1.91. The van der Waals surface area contributed by atoms with E-state index in [1.165, 1.54) is 19.3 Å². The summed E-state index contributed by atoms with van der Waals surface area (Å²) in [4.78, 5) is 2.20. The van der Waals surface area contributed by atoms with E-state index in [1.807, 2.05) is 0 Å². The molecule has 3 heteroatoms. The van der Waals surface area contributed by atoms with E-state index in [2.05, 4.69) is 4.90 Å². The Morgan fingerprint density at radius 2 is 2.17 bits per heavy atom. The van der Waals surface area contributed by atoms with Crippen LogP contribution in [0.15, 0.2) is 0 Å². The van der Waals surface area contributed by atoms with Crippen molar-refractivity contribution < 1.29 is 4.39 Å². The Hall–Kier alpha value is -0.150. The molecule has 1 rings (SSSR count). The van der Waals surface area contributed by atoms with Crippen LogP contribution in [-0.4, -0.2) is 37.3 Å². The average molecular weight is 174 g/mol. The maximum atomic E-state index is 12.1. The van der Waals surface area contributed by atoms with Gasteiger partial charge in [-0.15, -0.1) is 0 Å². The number of rotatable bonds is 3. The summed E-state index contributed by atoms with van der Waals surface area (Å²) in [6, 6.07) is 0.434. The number of nitrogens with two attached hydrogens (primary N) is 1. The number of alkyl halides is 1. The lowest BCUT2D eigenvalue weighted by molar-refractivity contribution is 0.188. The van der Waals surface area contributed by atoms with Crippen molar-refractivity contribution >= 4 is 0 Å². The molecule has 0 aromatic rings. The summed E-state index contributed by atoms with van der Waals surface area (Å²) in [6.07, 6.45) is 4.89. The van der Waals surface area contributed by atoms with Gasteiger partial charge in [-0.3, -0.25) is 4.90 Å². The molecule has 1 unspecified atom stereocenters. The monoisotopic (exact) mass is 174 g/mol. The molecule has 0 spiro atoms. The zero-order valence-electron chi connectivity index (χ0n) is 7.64. The minimum atomic E-state index is -0.240. The lowest BCUT2D eigenvalue weighted by Crippen LogP contribution is -2.41. The minimum Gasteiger partial charge on any atom is -0.329 e. The van der Waals surface area contributed by atoms with Crippen LogP contribution in [0.3, 0.4) is 0 Å². The van der Waals surface area contributed by atoms with Crippen LogP contribution in [-0.2, 0) is 0 Å². The van der Waals surface area contributed by atoms with E-state index in [0.29, 0.717) is 19.1 Å². The molecule has 0 aromatic heterocycles.